The molecule has 1 aromatic heterocycles. The van der Waals surface area contributed by atoms with Gasteiger partial charge in [0.05, 0.1) is 5.69 Å². The first-order valence-electron chi connectivity index (χ1n) is 8.61. The molecule has 22 heavy (non-hydrogen) atoms. The second-order valence-corrected chi connectivity index (χ2v) is 8.01. The lowest BCUT2D eigenvalue weighted by atomic mass is 9.92. The van der Waals surface area contributed by atoms with Crippen LogP contribution in [-0.2, 0) is 6.42 Å². The molecule has 0 radical (unpaired) electrons. The van der Waals surface area contributed by atoms with E-state index in [1.807, 2.05) is 11.8 Å². The average molecular weight is 321 g/mol. The number of hydrogen-bond acceptors (Lipinski definition) is 5. The molecular weight excluding hydrogens is 292 g/mol. The Balaban J connectivity index is 1.56. The van der Waals surface area contributed by atoms with Gasteiger partial charge in [-0.2, -0.15) is 16.9 Å². The molecule has 1 aromatic rings. The van der Waals surface area contributed by atoms with Gasteiger partial charge >= 0.3 is 0 Å². The highest BCUT2D eigenvalue weighted by atomic mass is 32.2. The van der Waals surface area contributed by atoms with Crippen LogP contribution in [0.1, 0.15) is 32.4 Å². The molecule has 1 unspecified atom stereocenters. The second kappa shape index (κ2) is 7.64. The third kappa shape index (κ3) is 4.13. The molecule has 2 aliphatic heterocycles. The number of likely N-dealkylation sites (tertiary alicyclic amines) is 1. The number of piperidine rings is 1. The van der Waals surface area contributed by atoms with Crippen LogP contribution in [0.4, 0.5) is 5.82 Å². The normalized spacial score (nSPS) is 24.0. The number of thioether (sulfide) groups is 1. The summed E-state index contributed by atoms with van der Waals surface area (Å²) in [5.74, 6) is 4.20. The van der Waals surface area contributed by atoms with E-state index in [0.717, 1.165) is 36.9 Å². The molecule has 2 fully saturated rings. The van der Waals surface area contributed by atoms with Crippen molar-refractivity contribution in [1.29, 1.82) is 0 Å². The van der Waals surface area contributed by atoms with Gasteiger partial charge < -0.3 is 9.80 Å². The van der Waals surface area contributed by atoms with Crippen LogP contribution in [0, 0.1) is 5.92 Å². The van der Waals surface area contributed by atoms with Crippen molar-refractivity contribution in [2.45, 2.75) is 39.2 Å². The zero-order valence-corrected chi connectivity index (χ0v) is 14.7. The van der Waals surface area contributed by atoms with Gasteiger partial charge in [-0.15, -0.1) is 5.10 Å². The van der Waals surface area contributed by atoms with Gasteiger partial charge in [-0.05, 0) is 57.7 Å². The minimum atomic E-state index is 0.660. The SMILES string of the molecule is CC(C)N1CCCC(Cc2ccc(N3CCSCC3)nn2)C1. The number of hydrogen-bond donors (Lipinski definition) is 0. The van der Waals surface area contributed by atoms with E-state index >= 15 is 0 Å². The number of nitrogens with zero attached hydrogens (tertiary/aromatic N) is 4. The third-order valence-electron chi connectivity index (χ3n) is 4.82. The van der Waals surface area contributed by atoms with Gasteiger partial charge in [0.25, 0.3) is 0 Å². The summed E-state index contributed by atoms with van der Waals surface area (Å²) in [6.07, 6.45) is 3.72. The Labute approximate surface area is 138 Å². The molecule has 4 nitrogen and oxygen atoms in total. The monoisotopic (exact) mass is 320 g/mol. The summed E-state index contributed by atoms with van der Waals surface area (Å²) in [6.45, 7) is 9.27. The highest BCUT2D eigenvalue weighted by Crippen LogP contribution is 2.22. The zero-order valence-electron chi connectivity index (χ0n) is 13.9. The van der Waals surface area contributed by atoms with E-state index in [1.165, 1.54) is 37.4 Å². The van der Waals surface area contributed by atoms with Crippen LogP contribution in [0.5, 0.6) is 0 Å². The molecule has 5 heteroatoms. The van der Waals surface area contributed by atoms with Crippen LogP contribution in [-0.4, -0.2) is 58.8 Å². The summed E-state index contributed by atoms with van der Waals surface area (Å²) in [6, 6.07) is 5.02. The predicted octanol–water partition coefficient (Wildman–Crippen LogP) is 2.69. The van der Waals surface area contributed by atoms with Crippen molar-refractivity contribution in [3.63, 3.8) is 0 Å². The molecule has 0 N–H and O–H groups in total. The van der Waals surface area contributed by atoms with Crippen LogP contribution in [0.25, 0.3) is 0 Å². The highest BCUT2D eigenvalue weighted by molar-refractivity contribution is 7.99. The lowest BCUT2D eigenvalue weighted by Crippen LogP contribution is -2.40. The molecular formula is C17H28N4S. The second-order valence-electron chi connectivity index (χ2n) is 6.78. The Morgan fingerprint density at radius 2 is 2.00 bits per heavy atom. The van der Waals surface area contributed by atoms with Gasteiger partial charge in [-0.25, -0.2) is 0 Å². The number of rotatable bonds is 4. The lowest BCUT2D eigenvalue weighted by molar-refractivity contribution is 0.139. The number of anilines is 1. The van der Waals surface area contributed by atoms with E-state index in [1.54, 1.807) is 0 Å². The van der Waals surface area contributed by atoms with Gasteiger partial charge in [0.1, 0.15) is 0 Å². The maximum Gasteiger partial charge on any atom is 0.151 e. The van der Waals surface area contributed by atoms with Gasteiger partial charge in [-0.3, -0.25) is 0 Å². The molecule has 0 aliphatic carbocycles. The summed E-state index contributed by atoms with van der Waals surface area (Å²) in [7, 11) is 0. The molecule has 1 atom stereocenters. The molecule has 0 aromatic carbocycles. The van der Waals surface area contributed by atoms with Crippen molar-refractivity contribution in [2.24, 2.45) is 5.92 Å². The Bertz CT molecular complexity index is 456. The summed E-state index contributed by atoms with van der Waals surface area (Å²) in [5, 5.41) is 8.98. The molecule has 0 spiro atoms. The highest BCUT2D eigenvalue weighted by Gasteiger charge is 2.22. The van der Waals surface area contributed by atoms with Gasteiger partial charge in [-0.1, -0.05) is 0 Å². The Morgan fingerprint density at radius 1 is 1.18 bits per heavy atom. The van der Waals surface area contributed by atoms with Crippen LogP contribution in [0.2, 0.25) is 0 Å². The van der Waals surface area contributed by atoms with E-state index in [-0.39, 0.29) is 0 Å². The van der Waals surface area contributed by atoms with Crippen LogP contribution >= 0.6 is 11.8 Å². The topological polar surface area (TPSA) is 32.3 Å². The standard InChI is InChI=1S/C17H28N4S/c1-14(2)21-7-3-4-15(13-21)12-16-5-6-17(19-18-16)20-8-10-22-11-9-20/h5-6,14-15H,3-4,7-13H2,1-2H3. The summed E-state index contributed by atoms with van der Waals surface area (Å²) in [4.78, 5) is 4.95. The summed E-state index contributed by atoms with van der Waals surface area (Å²) < 4.78 is 0. The maximum absolute atomic E-state index is 4.50. The smallest absolute Gasteiger partial charge is 0.151 e. The van der Waals surface area contributed by atoms with Crippen molar-refractivity contribution >= 4 is 17.6 Å². The van der Waals surface area contributed by atoms with Crippen molar-refractivity contribution in [2.75, 3.05) is 42.6 Å². The molecule has 0 bridgehead atoms. The molecule has 2 saturated heterocycles. The first-order chi connectivity index (χ1) is 10.7. The van der Waals surface area contributed by atoms with Crippen LogP contribution < -0.4 is 4.90 Å². The van der Waals surface area contributed by atoms with E-state index < -0.39 is 0 Å². The molecule has 2 aliphatic rings. The fourth-order valence-corrected chi connectivity index (χ4v) is 4.35. The minimum absolute atomic E-state index is 0.660. The van der Waals surface area contributed by atoms with E-state index in [4.69, 9.17) is 0 Å². The van der Waals surface area contributed by atoms with E-state index in [0.29, 0.717) is 6.04 Å². The molecule has 122 valence electrons. The van der Waals surface area contributed by atoms with Crippen LogP contribution in [0.3, 0.4) is 0 Å². The van der Waals surface area contributed by atoms with E-state index in [9.17, 15) is 0 Å². The fourth-order valence-electron chi connectivity index (χ4n) is 3.45. The predicted molar refractivity (Wildman–Crippen MR) is 94.7 cm³/mol. The van der Waals surface area contributed by atoms with Crippen molar-refractivity contribution in [1.82, 2.24) is 15.1 Å². The molecule has 0 amide bonds. The molecule has 3 rings (SSSR count). The van der Waals surface area contributed by atoms with Gasteiger partial charge in [0.15, 0.2) is 5.82 Å². The zero-order chi connectivity index (χ0) is 15.4. The third-order valence-corrected chi connectivity index (χ3v) is 5.76. The lowest BCUT2D eigenvalue weighted by Gasteiger charge is -2.35. The average Bonchev–Trinajstić information content (AvgIpc) is 2.56. The first kappa shape index (κ1) is 16.1. The number of aromatic nitrogens is 2. The Hall–Kier alpha value is -0.810. The quantitative estimate of drug-likeness (QED) is 0.852. The van der Waals surface area contributed by atoms with Crippen LogP contribution in [0.15, 0.2) is 12.1 Å². The summed E-state index contributed by atoms with van der Waals surface area (Å²) in [5.41, 5.74) is 1.16. The van der Waals surface area contributed by atoms with Gasteiger partial charge in [0, 0.05) is 37.2 Å². The minimum Gasteiger partial charge on any atom is -0.353 e. The molecule has 3 heterocycles. The summed E-state index contributed by atoms with van der Waals surface area (Å²) >= 11 is 2.03. The van der Waals surface area contributed by atoms with E-state index in [2.05, 4.69) is 46.0 Å². The van der Waals surface area contributed by atoms with Crippen molar-refractivity contribution in [3.8, 4) is 0 Å². The maximum atomic E-state index is 4.50. The van der Waals surface area contributed by atoms with Crippen molar-refractivity contribution in [3.05, 3.63) is 17.8 Å². The van der Waals surface area contributed by atoms with Crippen molar-refractivity contribution < 1.29 is 0 Å². The fraction of sp³-hybridized carbons (Fsp3) is 0.765. The Morgan fingerprint density at radius 3 is 2.68 bits per heavy atom. The van der Waals surface area contributed by atoms with Gasteiger partial charge in [0.2, 0.25) is 0 Å². The largest absolute Gasteiger partial charge is 0.353 e. The first-order valence-corrected chi connectivity index (χ1v) is 9.77. The Kier molecular flexibility index (Phi) is 5.58. The molecule has 0 saturated carbocycles.